The van der Waals surface area contributed by atoms with Crippen molar-refractivity contribution in [2.24, 2.45) is 5.11 Å². The Morgan fingerprint density at radius 1 is 1.40 bits per heavy atom. The van der Waals surface area contributed by atoms with Gasteiger partial charge in [0.05, 0.1) is 19.3 Å². The third-order valence-electron chi connectivity index (χ3n) is 3.54. The minimum Gasteiger partial charge on any atom is -0.390 e. The fourth-order valence-corrected chi connectivity index (χ4v) is 2.52. The van der Waals surface area contributed by atoms with Crippen LogP contribution in [0, 0.1) is 0 Å². The van der Waals surface area contributed by atoms with Crippen LogP contribution in [0.15, 0.2) is 35.4 Å². The Hall–Kier alpha value is -1.63. The van der Waals surface area contributed by atoms with E-state index in [0.717, 1.165) is 5.56 Å². The molecule has 106 valence electrons. The smallest absolute Gasteiger partial charge is 0.169 e. The zero-order valence-electron chi connectivity index (χ0n) is 10.7. The molecule has 0 amide bonds. The molecule has 2 fully saturated rings. The molecule has 7 nitrogen and oxygen atoms in total. The van der Waals surface area contributed by atoms with Crippen LogP contribution in [0.25, 0.3) is 10.4 Å². The van der Waals surface area contributed by atoms with Crippen molar-refractivity contribution in [1.82, 2.24) is 0 Å². The maximum absolute atomic E-state index is 10.3. The van der Waals surface area contributed by atoms with Crippen LogP contribution >= 0.6 is 0 Å². The molecule has 0 aliphatic carbocycles. The Balaban J connectivity index is 1.70. The van der Waals surface area contributed by atoms with Crippen LogP contribution in [-0.2, 0) is 20.8 Å². The van der Waals surface area contributed by atoms with E-state index in [9.17, 15) is 5.11 Å². The first-order valence-electron chi connectivity index (χ1n) is 6.44. The largest absolute Gasteiger partial charge is 0.390 e. The number of benzene rings is 1. The summed E-state index contributed by atoms with van der Waals surface area (Å²) in [6.45, 7) is 0.689. The number of ether oxygens (including phenoxy) is 3. The van der Waals surface area contributed by atoms with E-state index >= 15 is 0 Å². The predicted molar refractivity (Wildman–Crippen MR) is 68.6 cm³/mol. The van der Waals surface area contributed by atoms with Gasteiger partial charge in [-0.3, -0.25) is 0 Å². The Bertz CT molecular complexity index is 506. The maximum Gasteiger partial charge on any atom is 0.169 e. The van der Waals surface area contributed by atoms with Gasteiger partial charge in [-0.05, 0) is 11.1 Å². The van der Waals surface area contributed by atoms with Crippen LogP contribution in [0.3, 0.4) is 0 Å². The molecule has 2 aliphatic rings. The SMILES string of the molecule is [N-]=[N+]=NC1[C@H]2OCC(O2)[C@H](OCc2ccccc2)[C@H]1O. The summed E-state index contributed by atoms with van der Waals surface area (Å²) in [4.78, 5) is 2.73. The van der Waals surface area contributed by atoms with E-state index in [4.69, 9.17) is 19.7 Å². The van der Waals surface area contributed by atoms with Crippen molar-refractivity contribution in [3.05, 3.63) is 46.3 Å². The van der Waals surface area contributed by atoms with Gasteiger partial charge in [0.25, 0.3) is 0 Å². The number of fused-ring (bicyclic) bond motifs is 2. The molecule has 0 saturated carbocycles. The first-order valence-corrected chi connectivity index (χ1v) is 6.44. The second-order valence-electron chi connectivity index (χ2n) is 4.82. The highest BCUT2D eigenvalue weighted by Gasteiger charge is 2.50. The summed E-state index contributed by atoms with van der Waals surface area (Å²) in [5.74, 6) is 0. The standard InChI is InChI=1S/C13H15N3O4/c14-16-15-10-11(17)12(9-7-19-13(10)20-9)18-6-8-4-2-1-3-5-8/h1-5,9-13,17H,6-7H2/t9?,10?,11-,12-,13-/m0/s1. The zero-order chi connectivity index (χ0) is 13.9. The summed E-state index contributed by atoms with van der Waals surface area (Å²) in [6.07, 6.45) is -2.50. The van der Waals surface area contributed by atoms with Gasteiger partial charge < -0.3 is 19.3 Å². The van der Waals surface area contributed by atoms with Crippen LogP contribution in [0.1, 0.15) is 5.56 Å². The van der Waals surface area contributed by atoms with Gasteiger partial charge in [0.15, 0.2) is 6.29 Å². The Morgan fingerprint density at radius 3 is 2.95 bits per heavy atom. The topological polar surface area (TPSA) is 96.7 Å². The van der Waals surface area contributed by atoms with Gasteiger partial charge in [0.2, 0.25) is 0 Å². The highest BCUT2D eigenvalue weighted by molar-refractivity contribution is 5.13. The number of hydrogen-bond acceptors (Lipinski definition) is 5. The average Bonchev–Trinajstić information content (AvgIpc) is 2.90. The van der Waals surface area contributed by atoms with Gasteiger partial charge in [-0.25, -0.2) is 0 Å². The number of aliphatic hydroxyl groups is 1. The van der Waals surface area contributed by atoms with Crippen LogP contribution in [-0.4, -0.2) is 42.4 Å². The molecule has 0 aromatic heterocycles. The third-order valence-corrected chi connectivity index (χ3v) is 3.54. The molecule has 2 bridgehead atoms. The molecule has 3 rings (SSSR count). The molecule has 2 saturated heterocycles. The molecule has 2 unspecified atom stereocenters. The highest BCUT2D eigenvalue weighted by Crippen LogP contribution is 2.32. The van der Waals surface area contributed by atoms with E-state index in [1.807, 2.05) is 30.3 Å². The van der Waals surface area contributed by atoms with Crippen molar-refractivity contribution in [2.75, 3.05) is 6.61 Å². The van der Waals surface area contributed by atoms with Crippen molar-refractivity contribution in [1.29, 1.82) is 0 Å². The molecule has 0 spiro atoms. The molecule has 0 radical (unpaired) electrons. The lowest BCUT2D eigenvalue weighted by molar-refractivity contribution is -0.195. The van der Waals surface area contributed by atoms with E-state index in [-0.39, 0.29) is 6.10 Å². The van der Waals surface area contributed by atoms with Crippen molar-refractivity contribution in [3.63, 3.8) is 0 Å². The lowest BCUT2D eigenvalue weighted by Crippen LogP contribution is -2.53. The van der Waals surface area contributed by atoms with Crippen LogP contribution in [0.4, 0.5) is 0 Å². The van der Waals surface area contributed by atoms with Crippen LogP contribution < -0.4 is 0 Å². The fraction of sp³-hybridized carbons (Fsp3) is 0.538. The highest BCUT2D eigenvalue weighted by atomic mass is 16.7. The maximum atomic E-state index is 10.3. The second-order valence-corrected chi connectivity index (χ2v) is 4.82. The average molecular weight is 277 g/mol. The number of nitrogens with zero attached hydrogens (tertiary/aromatic N) is 3. The molecule has 2 aliphatic heterocycles. The van der Waals surface area contributed by atoms with E-state index < -0.39 is 24.5 Å². The summed E-state index contributed by atoms with van der Waals surface area (Å²) in [5, 5.41) is 13.8. The molecule has 7 heteroatoms. The summed E-state index contributed by atoms with van der Waals surface area (Å²) < 4.78 is 16.7. The molecular formula is C13H15N3O4. The third kappa shape index (κ3) is 2.49. The van der Waals surface area contributed by atoms with Gasteiger partial charge in [0, 0.05) is 4.91 Å². The fourth-order valence-electron chi connectivity index (χ4n) is 2.52. The summed E-state index contributed by atoms with van der Waals surface area (Å²) in [6, 6.07) is 8.87. The van der Waals surface area contributed by atoms with Crippen LogP contribution in [0.5, 0.6) is 0 Å². The Labute approximate surface area is 115 Å². The van der Waals surface area contributed by atoms with Gasteiger partial charge in [-0.1, -0.05) is 35.4 Å². The quantitative estimate of drug-likeness (QED) is 0.510. The van der Waals surface area contributed by atoms with E-state index in [1.165, 1.54) is 0 Å². The van der Waals surface area contributed by atoms with Crippen molar-refractivity contribution in [2.45, 2.75) is 37.3 Å². The monoisotopic (exact) mass is 277 g/mol. The first-order chi connectivity index (χ1) is 9.79. The summed E-state index contributed by atoms with van der Waals surface area (Å²) >= 11 is 0. The zero-order valence-corrected chi connectivity index (χ0v) is 10.7. The molecule has 2 heterocycles. The van der Waals surface area contributed by atoms with E-state index in [0.29, 0.717) is 13.2 Å². The Morgan fingerprint density at radius 2 is 2.20 bits per heavy atom. The Kier molecular flexibility index (Phi) is 3.86. The van der Waals surface area contributed by atoms with E-state index in [1.54, 1.807) is 0 Å². The van der Waals surface area contributed by atoms with Crippen molar-refractivity contribution in [3.8, 4) is 0 Å². The van der Waals surface area contributed by atoms with Gasteiger partial charge in [-0.2, -0.15) is 0 Å². The number of azide groups is 1. The van der Waals surface area contributed by atoms with Gasteiger partial charge in [0.1, 0.15) is 18.2 Å². The second kappa shape index (κ2) is 5.78. The molecule has 1 N–H and O–H groups in total. The van der Waals surface area contributed by atoms with Crippen molar-refractivity contribution >= 4 is 0 Å². The van der Waals surface area contributed by atoms with Gasteiger partial charge >= 0.3 is 0 Å². The number of hydrogen-bond donors (Lipinski definition) is 1. The van der Waals surface area contributed by atoms with Crippen molar-refractivity contribution < 1.29 is 19.3 Å². The minimum absolute atomic E-state index is 0.330. The number of rotatable bonds is 4. The molecule has 5 atom stereocenters. The lowest BCUT2D eigenvalue weighted by Gasteiger charge is -2.35. The molecule has 20 heavy (non-hydrogen) atoms. The summed E-state index contributed by atoms with van der Waals surface area (Å²) in [5.41, 5.74) is 9.55. The van der Waals surface area contributed by atoms with E-state index in [2.05, 4.69) is 10.0 Å². The minimum atomic E-state index is -0.930. The summed E-state index contributed by atoms with van der Waals surface area (Å²) in [7, 11) is 0. The number of aliphatic hydroxyl groups excluding tert-OH is 1. The van der Waals surface area contributed by atoms with Crippen LogP contribution in [0.2, 0.25) is 0 Å². The normalized spacial score (nSPS) is 35.5. The molecule has 1 aromatic carbocycles. The molecule has 1 aromatic rings. The van der Waals surface area contributed by atoms with Gasteiger partial charge in [-0.15, -0.1) is 0 Å². The first kappa shape index (κ1) is 13.4. The molecular weight excluding hydrogens is 262 g/mol. The lowest BCUT2D eigenvalue weighted by atomic mass is 9.99. The predicted octanol–water partition coefficient (Wildman–Crippen LogP) is 1.37.